The van der Waals surface area contributed by atoms with Gasteiger partial charge in [0.1, 0.15) is 0 Å². The number of hydrogen-bond acceptors (Lipinski definition) is 2. The van der Waals surface area contributed by atoms with Crippen LogP contribution in [0.1, 0.15) is 32.3 Å². The summed E-state index contributed by atoms with van der Waals surface area (Å²) in [5.41, 5.74) is 1.20. The highest BCUT2D eigenvalue weighted by atomic mass is 35.5. The minimum atomic E-state index is 0.0523. The van der Waals surface area contributed by atoms with Crippen molar-refractivity contribution in [3.63, 3.8) is 0 Å². The van der Waals surface area contributed by atoms with Crippen LogP contribution in [-0.2, 0) is 11.3 Å². The molecule has 1 fully saturated rings. The van der Waals surface area contributed by atoms with Crippen LogP contribution in [0, 0.1) is 0 Å². The van der Waals surface area contributed by atoms with Gasteiger partial charge in [0.15, 0.2) is 0 Å². The molecule has 0 amide bonds. The van der Waals surface area contributed by atoms with E-state index in [0.717, 1.165) is 36.5 Å². The van der Waals surface area contributed by atoms with Crippen LogP contribution in [-0.4, -0.2) is 18.2 Å². The lowest BCUT2D eigenvalue weighted by Gasteiger charge is -2.19. The maximum absolute atomic E-state index is 6.09. The Labute approximate surface area is 108 Å². The van der Waals surface area contributed by atoms with Crippen molar-refractivity contribution in [3.05, 3.63) is 34.9 Å². The number of ether oxygens (including phenoxy) is 1. The third-order valence-corrected chi connectivity index (χ3v) is 3.57. The highest BCUT2D eigenvalue weighted by Gasteiger charge is 2.31. The Morgan fingerprint density at radius 2 is 2.18 bits per heavy atom. The molecule has 0 saturated carbocycles. The molecule has 17 heavy (non-hydrogen) atoms. The van der Waals surface area contributed by atoms with Crippen LogP contribution in [0.25, 0.3) is 0 Å². The molecule has 0 bridgehead atoms. The molecule has 1 heterocycles. The Hall–Kier alpha value is -0.570. The van der Waals surface area contributed by atoms with Crippen LogP contribution >= 0.6 is 11.6 Å². The van der Waals surface area contributed by atoms with Crippen molar-refractivity contribution in [1.29, 1.82) is 0 Å². The van der Waals surface area contributed by atoms with E-state index in [-0.39, 0.29) is 5.60 Å². The van der Waals surface area contributed by atoms with E-state index in [0.29, 0.717) is 6.10 Å². The Morgan fingerprint density at radius 3 is 2.82 bits per heavy atom. The first kappa shape index (κ1) is 12.9. The number of halogens is 1. The molecule has 0 spiro atoms. The second-order valence-electron chi connectivity index (χ2n) is 5.26. The first-order valence-corrected chi connectivity index (χ1v) is 6.56. The summed E-state index contributed by atoms with van der Waals surface area (Å²) in [6.45, 7) is 6.01. The summed E-state index contributed by atoms with van der Waals surface area (Å²) in [7, 11) is 0. The van der Waals surface area contributed by atoms with Gasteiger partial charge in [0, 0.05) is 18.1 Å². The van der Waals surface area contributed by atoms with Crippen LogP contribution in [0.15, 0.2) is 24.3 Å². The van der Waals surface area contributed by atoms with Gasteiger partial charge in [-0.3, -0.25) is 0 Å². The zero-order valence-corrected chi connectivity index (χ0v) is 11.3. The fourth-order valence-electron chi connectivity index (χ4n) is 2.23. The van der Waals surface area contributed by atoms with Gasteiger partial charge < -0.3 is 10.1 Å². The lowest BCUT2D eigenvalue weighted by molar-refractivity contribution is -0.0142. The Morgan fingerprint density at radius 1 is 1.41 bits per heavy atom. The predicted octanol–water partition coefficient (Wildman–Crippen LogP) is 3.39. The standard InChI is InChI=1S/C14H20ClNO/c1-14(2)8-7-12(17-14)10-16-9-11-5-3-4-6-13(11)15/h3-6,12,16H,7-10H2,1-2H3. The quantitative estimate of drug-likeness (QED) is 0.888. The molecule has 1 N–H and O–H groups in total. The van der Waals surface area contributed by atoms with Crippen LogP contribution in [0.2, 0.25) is 5.02 Å². The third-order valence-electron chi connectivity index (χ3n) is 3.20. The summed E-state index contributed by atoms with van der Waals surface area (Å²) in [5.74, 6) is 0. The minimum Gasteiger partial charge on any atom is -0.371 e. The summed E-state index contributed by atoms with van der Waals surface area (Å²) in [5, 5.41) is 4.24. The van der Waals surface area contributed by atoms with Gasteiger partial charge in [-0.2, -0.15) is 0 Å². The molecule has 0 radical (unpaired) electrons. The molecule has 1 unspecified atom stereocenters. The highest BCUT2D eigenvalue weighted by Crippen LogP contribution is 2.28. The Balaban J connectivity index is 1.76. The lowest BCUT2D eigenvalue weighted by atomic mass is 10.1. The van der Waals surface area contributed by atoms with Gasteiger partial charge in [0.2, 0.25) is 0 Å². The average molecular weight is 254 g/mol. The van der Waals surface area contributed by atoms with Crippen molar-refractivity contribution < 1.29 is 4.74 Å². The molecule has 1 aliphatic rings. The molecule has 1 aliphatic heterocycles. The molecule has 3 heteroatoms. The van der Waals surface area contributed by atoms with Gasteiger partial charge in [0.05, 0.1) is 11.7 Å². The Bertz CT molecular complexity index is 378. The van der Waals surface area contributed by atoms with E-state index in [2.05, 4.69) is 25.2 Å². The van der Waals surface area contributed by atoms with Crippen molar-refractivity contribution >= 4 is 11.6 Å². The SMILES string of the molecule is CC1(C)CCC(CNCc2ccccc2Cl)O1. The summed E-state index contributed by atoms with van der Waals surface area (Å²) < 4.78 is 5.92. The highest BCUT2D eigenvalue weighted by molar-refractivity contribution is 6.31. The van der Waals surface area contributed by atoms with E-state index in [1.54, 1.807) is 0 Å². The lowest BCUT2D eigenvalue weighted by Crippen LogP contribution is -2.29. The van der Waals surface area contributed by atoms with Gasteiger partial charge in [-0.25, -0.2) is 0 Å². The molecule has 0 aliphatic carbocycles. The number of hydrogen-bond donors (Lipinski definition) is 1. The summed E-state index contributed by atoms with van der Waals surface area (Å²) in [6.07, 6.45) is 2.63. The second-order valence-corrected chi connectivity index (χ2v) is 5.67. The molecule has 2 nitrogen and oxygen atoms in total. The zero-order chi connectivity index (χ0) is 12.3. The molecule has 2 rings (SSSR count). The van der Waals surface area contributed by atoms with Crippen LogP contribution in [0.3, 0.4) is 0 Å². The number of nitrogens with one attached hydrogen (secondary N) is 1. The van der Waals surface area contributed by atoms with Crippen molar-refractivity contribution in [3.8, 4) is 0 Å². The van der Waals surface area contributed by atoms with Gasteiger partial charge in [-0.1, -0.05) is 29.8 Å². The van der Waals surface area contributed by atoms with E-state index in [9.17, 15) is 0 Å². The van der Waals surface area contributed by atoms with E-state index in [1.807, 2.05) is 18.2 Å². The third kappa shape index (κ3) is 3.70. The summed E-state index contributed by atoms with van der Waals surface area (Å²) >= 11 is 6.09. The minimum absolute atomic E-state index is 0.0523. The summed E-state index contributed by atoms with van der Waals surface area (Å²) in [4.78, 5) is 0. The number of rotatable bonds is 4. The maximum Gasteiger partial charge on any atom is 0.0707 e. The second kappa shape index (κ2) is 5.38. The van der Waals surface area contributed by atoms with Gasteiger partial charge in [-0.15, -0.1) is 0 Å². The van der Waals surface area contributed by atoms with Gasteiger partial charge in [-0.05, 0) is 38.3 Å². The predicted molar refractivity (Wildman–Crippen MR) is 71.3 cm³/mol. The molecule has 1 saturated heterocycles. The van der Waals surface area contributed by atoms with E-state index < -0.39 is 0 Å². The molecule has 1 aromatic rings. The zero-order valence-electron chi connectivity index (χ0n) is 10.5. The molecule has 1 aromatic carbocycles. The van der Waals surface area contributed by atoms with E-state index in [4.69, 9.17) is 16.3 Å². The van der Waals surface area contributed by atoms with E-state index >= 15 is 0 Å². The monoisotopic (exact) mass is 253 g/mol. The fourth-order valence-corrected chi connectivity index (χ4v) is 2.43. The maximum atomic E-state index is 6.09. The molecule has 1 atom stereocenters. The van der Waals surface area contributed by atoms with Crippen molar-refractivity contribution in [2.45, 2.75) is 44.9 Å². The number of benzene rings is 1. The smallest absolute Gasteiger partial charge is 0.0707 e. The normalized spacial score (nSPS) is 22.9. The average Bonchev–Trinajstić information content (AvgIpc) is 2.61. The summed E-state index contributed by atoms with van der Waals surface area (Å²) in [6, 6.07) is 7.94. The topological polar surface area (TPSA) is 21.3 Å². The van der Waals surface area contributed by atoms with Crippen LogP contribution in [0.4, 0.5) is 0 Å². The molecular weight excluding hydrogens is 234 g/mol. The molecule has 0 aromatic heterocycles. The van der Waals surface area contributed by atoms with Crippen molar-refractivity contribution in [1.82, 2.24) is 5.32 Å². The fraction of sp³-hybridized carbons (Fsp3) is 0.571. The van der Waals surface area contributed by atoms with Crippen LogP contribution < -0.4 is 5.32 Å². The first-order valence-electron chi connectivity index (χ1n) is 6.19. The van der Waals surface area contributed by atoms with Crippen molar-refractivity contribution in [2.24, 2.45) is 0 Å². The Kier molecular flexibility index (Phi) is 4.08. The van der Waals surface area contributed by atoms with E-state index in [1.165, 1.54) is 0 Å². The van der Waals surface area contributed by atoms with Gasteiger partial charge in [0.25, 0.3) is 0 Å². The molecular formula is C14H20ClNO. The largest absolute Gasteiger partial charge is 0.371 e. The first-order chi connectivity index (χ1) is 8.07. The molecule has 94 valence electrons. The van der Waals surface area contributed by atoms with Crippen LogP contribution in [0.5, 0.6) is 0 Å². The van der Waals surface area contributed by atoms with Gasteiger partial charge >= 0.3 is 0 Å². The van der Waals surface area contributed by atoms with Crippen molar-refractivity contribution in [2.75, 3.05) is 6.54 Å².